The van der Waals surface area contributed by atoms with Crippen molar-refractivity contribution in [1.82, 2.24) is 14.5 Å². The van der Waals surface area contributed by atoms with Crippen molar-refractivity contribution in [2.24, 2.45) is 0 Å². The molecule has 0 radical (unpaired) electrons. The molecule has 2 N–H and O–H groups in total. The van der Waals surface area contributed by atoms with E-state index in [1.807, 2.05) is 35.2 Å². The molecule has 0 aromatic heterocycles. The third-order valence-electron chi connectivity index (χ3n) is 5.31. The summed E-state index contributed by atoms with van der Waals surface area (Å²) in [5, 5.41) is 10.6. The summed E-state index contributed by atoms with van der Waals surface area (Å²) in [6.07, 6.45) is 1.06. The van der Waals surface area contributed by atoms with Gasteiger partial charge in [-0.05, 0) is 38.1 Å². The molecule has 0 amide bonds. The van der Waals surface area contributed by atoms with Gasteiger partial charge in [0.2, 0.25) is 10.0 Å². The normalized spacial score (nSPS) is 21.6. The van der Waals surface area contributed by atoms with Gasteiger partial charge in [0, 0.05) is 24.2 Å². The first-order chi connectivity index (χ1) is 13.7. The highest BCUT2D eigenvalue weighted by atomic mass is 32.2. The second kappa shape index (κ2) is 8.89. The number of aliphatic hydroxyl groups excluding tert-OH is 1. The van der Waals surface area contributed by atoms with Gasteiger partial charge in [-0.2, -0.15) is 0 Å². The third kappa shape index (κ3) is 5.21. The lowest BCUT2D eigenvalue weighted by molar-refractivity contribution is -0.0976. The van der Waals surface area contributed by atoms with Gasteiger partial charge in [-0.3, -0.25) is 9.80 Å². The SMILES string of the molecule is CN(C)C(O)N1CC[C@H](NS(C)(=O)=O)[C@@H]1Cc1cccc(-c2ccccc2)c1F. The number of hydrogen-bond acceptors (Lipinski definition) is 5. The standard InChI is InChI=1S/C21H28FN3O3S/c1-24(2)21(26)25-13-12-18(23-29(3,27)28)19(25)14-16-10-7-11-17(20(16)22)15-8-5-4-6-9-15/h4-11,18-19,21,23,26H,12-14H2,1-3H3/t18-,19-,21?/m0/s1. The minimum atomic E-state index is -3.43. The number of likely N-dealkylation sites (tertiary alicyclic amines) is 1. The fourth-order valence-corrected chi connectivity index (χ4v) is 4.76. The first kappa shape index (κ1) is 21.9. The van der Waals surface area contributed by atoms with Crippen LogP contribution >= 0.6 is 0 Å². The van der Waals surface area contributed by atoms with E-state index in [1.54, 1.807) is 37.2 Å². The third-order valence-corrected chi connectivity index (χ3v) is 6.04. The van der Waals surface area contributed by atoms with Crippen LogP contribution in [-0.2, 0) is 16.4 Å². The Labute approximate surface area is 172 Å². The van der Waals surface area contributed by atoms with Gasteiger partial charge in [-0.25, -0.2) is 17.5 Å². The molecule has 0 spiro atoms. The molecule has 29 heavy (non-hydrogen) atoms. The van der Waals surface area contributed by atoms with Crippen molar-refractivity contribution in [3.63, 3.8) is 0 Å². The Morgan fingerprint density at radius 1 is 1.21 bits per heavy atom. The van der Waals surface area contributed by atoms with Crippen LogP contribution in [-0.4, -0.2) is 68.7 Å². The van der Waals surface area contributed by atoms with Crippen LogP contribution in [0.5, 0.6) is 0 Å². The van der Waals surface area contributed by atoms with Crippen molar-refractivity contribution in [3.05, 3.63) is 59.9 Å². The van der Waals surface area contributed by atoms with Gasteiger partial charge in [-0.15, -0.1) is 0 Å². The van der Waals surface area contributed by atoms with Crippen LogP contribution in [0.1, 0.15) is 12.0 Å². The van der Waals surface area contributed by atoms with Crippen LogP contribution in [0.4, 0.5) is 4.39 Å². The molecule has 6 nitrogen and oxygen atoms in total. The Bertz CT molecular complexity index is 937. The molecule has 158 valence electrons. The van der Waals surface area contributed by atoms with Gasteiger partial charge in [-0.1, -0.05) is 48.5 Å². The summed E-state index contributed by atoms with van der Waals surface area (Å²) in [6.45, 7) is 0.511. The molecule has 0 aliphatic carbocycles. The molecule has 2 aromatic rings. The molecule has 3 rings (SSSR count). The van der Waals surface area contributed by atoms with E-state index in [1.165, 1.54) is 0 Å². The van der Waals surface area contributed by atoms with E-state index in [0.29, 0.717) is 24.1 Å². The number of aliphatic hydroxyl groups is 1. The first-order valence-corrected chi connectivity index (χ1v) is 11.5. The minimum absolute atomic E-state index is 0.282. The van der Waals surface area contributed by atoms with E-state index in [9.17, 15) is 13.5 Å². The van der Waals surface area contributed by atoms with Gasteiger partial charge in [0.1, 0.15) is 5.82 Å². The zero-order valence-corrected chi connectivity index (χ0v) is 17.7. The van der Waals surface area contributed by atoms with Crippen LogP contribution in [0.25, 0.3) is 11.1 Å². The van der Waals surface area contributed by atoms with E-state index in [4.69, 9.17) is 0 Å². The van der Waals surface area contributed by atoms with E-state index in [-0.39, 0.29) is 18.3 Å². The maximum Gasteiger partial charge on any atom is 0.209 e. The zero-order chi connectivity index (χ0) is 21.2. The van der Waals surface area contributed by atoms with Crippen LogP contribution in [0, 0.1) is 5.82 Å². The monoisotopic (exact) mass is 421 g/mol. The second-order valence-corrected chi connectivity index (χ2v) is 9.53. The summed E-state index contributed by atoms with van der Waals surface area (Å²) in [6, 6.07) is 13.8. The van der Waals surface area contributed by atoms with Crippen molar-refractivity contribution in [2.45, 2.75) is 31.3 Å². The quantitative estimate of drug-likeness (QED) is 0.668. The van der Waals surface area contributed by atoms with Gasteiger partial charge in [0.05, 0.1) is 6.26 Å². The van der Waals surface area contributed by atoms with Crippen molar-refractivity contribution >= 4 is 10.0 Å². The molecule has 3 atom stereocenters. The summed E-state index contributed by atoms with van der Waals surface area (Å²) < 4.78 is 41.6. The number of hydrogen-bond donors (Lipinski definition) is 2. The highest BCUT2D eigenvalue weighted by molar-refractivity contribution is 7.88. The van der Waals surface area contributed by atoms with E-state index >= 15 is 4.39 Å². The number of nitrogens with one attached hydrogen (secondary N) is 1. The van der Waals surface area contributed by atoms with E-state index < -0.39 is 22.4 Å². The van der Waals surface area contributed by atoms with Crippen molar-refractivity contribution in [1.29, 1.82) is 0 Å². The molecule has 1 fully saturated rings. The second-order valence-electron chi connectivity index (χ2n) is 7.75. The van der Waals surface area contributed by atoms with Gasteiger partial charge in [0.25, 0.3) is 0 Å². The highest BCUT2D eigenvalue weighted by Crippen LogP contribution is 2.29. The van der Waals surface area contributed by atoms with Crippen molar-refractivity contribution < 1.29 is 17.9 Å². The average Bonchev–Trinajstić information content (AvgIpc) is 3.04. The Hall–Kier alpha value is -1.84. The predicted octanol–water partition coefficient (Wildman–Crippen LogP) is 1.86. The number of rotatable bonds is 7. The van der Waals surface area contributed by atoms with Gasteiger partial charge >= 0.3 is 0 Å². The number of halogens is 1. The summed E-state index contributed by atoms with van der Waals surface area (Å²) >= 11 is 0. The maximum atomic E-state index is 15.3. The molecule has 0 saturated carbocycles. The Balaban J connectivity index is 1.93. The van der Waals surface area contributed by atoms with Crippen LogP contribution in [0.2, 0.25) is 0 Å². The van der Waals surface area contributed by atoms with Crippen molar-refractivity contribution in [2.75, 3.05) is 26.9 Å². The molecule has 2 aromatic carbocycles. The predicted molar refractivity (Wildman–Crippen MR) is 112 cm³/mol. The lowest BCUT2D eigenvalue weighted by atomic mass is 9.96. The number of sulfonamides is 1. The smallest absolute Gasteiger partial charge is 0.209 e. The zero-order valence-electron chi connectivity index (χ0n) is 16.9. The Kier molecular flexibility index (Phi) is 6.70. The molecular weight excluding hydrogens is 393 g/mol. The average molecular weight is 422 g/mol. The highest BCUT2D eigenvalue weighted by Gasteiger charge is 2.39. The molecule has 8 heteroatoms. The molecule has 0 bridgehead atoms. The fraction of sp³-hybridized carbons (Fsp3) is 0.429. The van der Waals surface area contributed by atoms with Gasteiger partial charge in [0.15, 0.2) is 6.35 Å². The maximum absolute atomic E-state index is 15.3. The van der Waals surface area contributed by atoms with Crippen LogP contribution < -0.4 is 4.72 Å². The number of nitrogens with zero attached hydrogens (tertiary/aromatic N) is 2. The van der Waals surface area contributed by atoms with E-state index in [0.717, 1.165) is 11.8 Å². The Morgan fingerprint density at radius 3 is 2.52 bits per heavy atom. The van der Waals surface area contributed by atoms with Gasteiger partial charge < -0.3 is 5.11 Å². The molecular formula is C21H28FN3O3S. The molecule has 1 aliphatic rings. The number of benzene rings is 2. The molecule has 1 unspecified atom stereocenters. The molecule has 1 saturated heterocycles. The largest absolute Gasteiger partial charge is 0.365 e. The summed E-state index contributed by atoms with van der Waals surface area (Å²) in [5.41, 5.74) is 1.79. The lowest BCUT2D eigenvalue weighted by Crippen LogP contribution is -2.52. The molecule has 1 aliphatic heterocycles. The van der Waals surface area contributed by atoms with Crippen LogP contribution in [0.15, 0.2) is 48.5 Å². The fourth-order valence-electron chi connectivity index (χ4n) is 3.94. The van der Waals surface area contributed by atoms with Crippen LogP contribution in [0.3, 0.4) is 0 Å². The summed E-state index contributed by atoms with van der Waals surface area (Å²) in [7, 11) is 0.0623. The van der Waals surface area contributed by atoms with E-state index in [2.05, 4.69) is 4.72 Å². The lowest BCUT2D eigenvalue weighted by Gasteiger charge is -2.35. The minimum Gasteiger partial charge on any atom is -0.365 e. The summed E-state index contributed by atoms with van der Waals surface area (Å²) in [5.74, 6) is -0.317. The van der Waals surface area contributed by atoms with Crippen molar-refractivity contribution in [3.8, 4) is 11.1 Å². The first-order valence-electron chi connectivity index (χ1n) is 9.57. The topological polar surface area (TPSA) is 72.9 Å². The summed E-state index contributed by atoms with van der Waals surface area (Å²) in [4.78, 5) is 3.46. The molecule has 1 heterocycles. The Morgan fingerprint density at radius 2 is 1.90 bits per heavy atom.